The lowest BCUT2D eigenvalue weighted by molar-refractivity contribution is 0.102. The van der Waals surface area contributed by atoms with Gasteiger partial charge in [-0.15, -0.1) is 0 Å². The van der Waals surface area contributed by atoms with Crippen LogP contribution in [0.25, 0.3) is 0 Å². The van der Waals surface area contributed by atoms with Crippen molar-refractivity contribution in [3.8, 4) is 0 Å². The zero-order valence-electron chi connectivity index (χ0n) is 16.3. The van der Waals surface area contributed by atoms with Gasteiger partial charge in [-0.25, -0.2) is 12.8 Å². The highest BCUT2D eigenvalue weighted by Crippen LogP contribution is 2.27. The van der Waals surface area contributed by atoms with Gasteiger partial charge in [0.2, 0.25) is 10.0 Å². The average Bonchev–Trinajstić information content (AvgIpc) is 2.65. The number of nitrogens with zero attached hydrogens (tertiary/aromatic N) is 1. The number of sulfonamides is 1. The molecule has 0 aliphatic carbocycles. The van der Waals surface area contributed by atoms with E-state index in [0.717, 1.165) is 24.8 Å². The van der Waals surface area contributed by atoms with Crippen molar-refractivity contribution < 1.29 is 17.6 Å². The summed E-state index contributed by atoms with van der Waals surface area (Å²) in [6.07, 6.45) is 2.68. The maximum atomic E-state index is 13.5. The Kier molecular flexibility index (Phi) is 5.86. The van der Waals surface area contributed by atoms with E-state index >= 15 is 0 Å². The predicted octanol–water partition coefficient (Wildman–Crippen LogP) is 4.26. The Morgan fingerprint density at radius 2 is 1.82 bits per heavy atom. The largest absolute Gasteiger partial charge is 0.322 e. The Balaban J connectivity index is 1.93. The summed E-state index contributed by atoms with van der Waals surface area (Å²) < 4.78 is 41.2. The van der Waals surface area contributed by atoms with Crippen molar-refractivity contribution in [1.82, 2.24) is 4.31 Å². The molecular formula is C21H25FN2O3S. The van der Waals surface area contributed by atoms with Gasteiger partial charge in [0.05, 0.1) is 4.90 Å². The number of amides is 1. The molecule has 1 aliphatic heterocycles. The van der Waals surface area contributed by atoms with E-state index in [9.17, 15) is 17.6 Å². The lowest BCUT2D eigenvalue weighted by Crippen LogP contribution is -2.42. The van der Waals surface area contributed by atoms with Gasteiger partial charge in [0.1, 0.15) is 5.82 Å². The number of aryl methyl sites for hydroxylation is 2. The average molecular weight is 405 g/mol. The van der Waals surface area contributed by atoms with Crippen LogP contribution >= 0.6 is 0 Å². The van der Waals surface area contributed by atoms with Crippen molar-refractivity contribution >= 4 is 21.6 Å². The highest BCUT2D eigenvalue weighted by atomic mass is 32.2. The second-order valence-corrected chi connectivity index (χ2v) is 9.24. The second kappa shape index (κ2) is 8.01. The van der Waals surface area contributed by atoms with Crippen molar-refractivity contribution in [2.24, 2.45) is 0 Å². The SMILES string of the molecule is Cc1ccc(F)cc1NC(=O)c1cc(S(=O)(=O)N2CCCCC2C)ccc1C. The minimum absolute atomic E-state index is 0.0627. The molecule has 1 fully saturated rings. The van der Waals surface area contributed by atoms with Crippen LogP contribution in [0.4, 0.5) is 10.1 Å². The summed E-state index contributed by atoms with van der Waals surface area (Å²) in [5, 5.41) is 2.69. The van der Waals surface area contributed by atoms with Crippen molar-refractivity contribution in [3.63, 3.8) is 0 Å². The summed E-state index contributed by atoms with van der Waals surface area (Å²) in [6, 6.07) is 8.67. The maximum absolute atomic E-state index is 13.5. The third kappa shape index (κ3) is 4.10. The number of piperidine rings is 1. The number of rotatable bonds is 4. The molecule has 0 radical (unpaired) electrons. The summed E-state index contributed by atoms with van der Waals surface area (Å²) in [4.78, 5) is 12.9. The summed E-state index contributed by atoms with van der Waals surface area (Å²) in [6.45, 7) is 5.90. The van der Waals surface area contributed by atoms with Gasteiger partial charge >= 0.3 is 0 Å². The number of anilines is 1. The number of hydrogen-bond donors (Lipinski definition) is 1. The van der Waals surface area contributed by atoms with Crippen molar-refractivity contribution in [1.29, 1.82) is 0 Å². The van der Waals surface area contributed by atoms with E-state index in [1.54, 1.807) is 26.0 Å². The first-order valence-corrected chi connectivity index (χ1v) is 10.8. The van der Waals surface area contributed by atoms with E-state index in [0.29, 0.717) is 17.8 Å². The highest BCUT2D eigenvalue weighted by Gasteiger charge is 2.31. The molecule has 2 aromatic rings. The number of halogens is 1. The van der Waals surface area contributed by atoms with Gasteiger partial charge in [-0.1, -0.05) is 18.6 Å². The Hall–Kier alpha value is -2.25. The lowest BCUT2D eigenvalue weighted by Gasteiger charge is -2.32. The molecule has 150 valence electrons. The number of nitrogens with one attached hydrogen (secondary N) is 1. The van der Waals surface area contributed by atoms with Crippen molar-refractivity contribution in [2.75, 3.05) is 11.9 Å². The van der Waals surface area contributed by atoms with Crippen LogP contribution in [0.5, 0.6) is 0 Å². The van der Waals surface area contributed by atoms with Crippen molar-refractivity contribution in [3.05, 3.63) is 58.9 Å². The minimum Gasteiger partial charge on any atom is -0.322 e. The number of hydrogen-bond acceptors (Lipinski definition) is 3. The maximum Gasteiger partial charge on any atom is 0.255 e. The Labute approximate surface area is 165 Å². The van der Waals surface area contributed by atoms with Crippen LogP contribution < -0.4 is 5.32 Å². The molecule has 5 nitrogen and oxygen atoms in total. The van der Waals surface area contributed by atoms with Gasteiger partial charge in [-0.05, 0) is 69.0 Å². The first-order valence-electron chi connectivity index (χ1n) is 9.40. The summed E-state index contributed by atoms with van der Waals surface area (Å²) in [7, 11) is -3.68. The molecule has 1 heterocycles. The topological polar surface area (TPSA) is 66.5 Å². The van der Waals surface area contributed by atoms with Crippen molar-refractivity contribution in [2.45, 2.75) is 51.0 Å². The van der Waals surface area contributed by atoms with Crippen LogP contribution in [-0.2, 0) is 10.0 Å². The molecule has 1 aliphatic rings. The molecule has 0 bridgehead atoms. The molecule has 1 saturated heterocycles. The number of benzene rings is 2. The standard InChI is InChI=1S/C21H25FN2O3S/c1-14-8-10-18(28(26,27)24-11-5-4-6-16(24)3)13-19(14)21(25)23-20-12-17(22)9-7-15(20)2/h7-10,12-13,16H,4-6,11H2,1-3H3,(H,23,25). The molecule has 3 rings (SSSR count). The number of carbonyl (C=O) groups excluding carboxylic acids is 1. The second-order valence-electron chi connectivity index (χ2n) is 7.35. The monoisotopic (exact) mass is 404 g/mol. The van der Waals surface area contributed by atoms with Gasteiger partial charge in [0.15, 0.2) is 0 Å². The summed E-state index contributed by atoms with van der Waals surface area (Å²) in [5.41, 5.74) is 1.99. The molecule has 1 N–H and O–H groups in total. The first-order chi connectivity index (χ1) is 13.2. The molecule has 2 aromatic carbocycles. The fourth-order valence-corrected chi connectivity index (χ4v) is 5.22. The summed E-state index contributed by atoms with van der Waals surface area (Å²) in [5.74, 6) is -0.914. The van der Waals surface area contributed by atoms with E-state index in [4.69, 9.17) is 0 Å². The Bertz CT molecular complexity index is 1000. The van der Waals surface area contributed by atoms with Gasteiger partial charge in [-0.2, -0.15) is 4.31 Å². The molecule has 1 amide bonds. The first kappa shape index (κ1) is 20.5. The highest BCUT2D eigenvalue weighted by molar-refractivity contribution is 7.89. The molecule has 0 aromatic heterocycles. The van der Waals surface area contributed by atoms with Crippen LogP contribution in [-0.4, -0.2) is 31.2 Å². The van der Waals surface area contributed by atoms with E-state index in [1.807, 2.05) is 6.92 Å². The quantitative estimate of drug-likeness (QED) is 0.828. The third-order valence-corrected chi connectivity index (χ3v) is 7.26. The normalized spacial score (nSPS) is 18.1. The predicted molar refractivity (Wildman–Crippen MR) is 107 cm³/mol. The molecule has 28 heavy (non-hydrogen) atoms. The zero-order chi connectivity index (χ0) is 20.5. The van der Waals surface area contributed by atoms with Crippen LogP contribution in [0.1, 0.15) is 47.7 Å². The fourth-order valence-electron chi connectivity index (χ4n) is 3.49. The van der Waals surface area contributed by atoms with Gasteiger partial charge < -0.3 is 5.32 Å². The molecule has 7 heteroatoms. The fraction of sp³-hybridized carbons (Fsp3) is 0.381. The van der Waals surface area contributed by atoms with E-state index < -0.39 is 21.7 Å². The number of carbonyl (C=O) groups is 1. The Morgan fingerprint density at radius 3 is 2.54 bits per heavy atom. The molecule has 0 spiro atoms. The van der Waals surface area contributed by atoms with Crippen LogP contribution in [0.2, 0.25) is 0 Å². The molecular weight excluding hydrogens is 379 g/mol. The molecule has 0 saturated carbocycles. The van der Waals surface area contributed by atoms with Crippen LogP contribution in [0, 0.1) is 19.7 Å². The zero-order valence-corrected chi connectivity index (χ0v) is 17.1. The lowest BCUT2D eigenvalue weighted by atomic mass is 10.1. The van der Waals surface area contributed by atoms with E-state index in [-0.39, 0.29) is 16.5 Å². The van der Waals surface area contributed by atoms with E-state index in [1.165, 1.54) is 28.6 Å². The van der Waals surface area contributed by atoms with Crippen LogP contribution in [0.3, 0.4) is 0 Å². The Morgan fingerprint density at radius 1 is 1.11 bits per heavy atom. The molecule has 1 unspecified atom stereocenters. The minimum atomic E-state index is -3.68. The van der Waals surface area contributed by atoms with Gasteiger partial charge in [0, 0.05) is 23.8 Å². The molecule has 1 atom stereocenters. The van der Waals surface area contributed by atoms with Gasteiger partial charge in [0.25, 0.3) is 5.91 Å². The van der Waals surface area contributed by atoms with Crippen LogP contribution in [0.15, 0.2) is 41.3 Å². The van der Waals surface area contributed by atoms with E-state index in [2.05, 4.69) is 5.32 Å². The smallest absolute Gasteiger partial charge is 0.255 e. The summed E-state index contributed by atoms with van der Waals surface area (Å²) >= 11 is 0. The third-order valence-electron chi connectivity index (χ3n) is 5.25. The van der Waals surface area contributed by atoms with Gasteiger partial charge in [-0.3, -0.25) is 4.79 Å².